The Bertz CT molecular complexity index is 1090. The van der Waals surface area contributed by atoms with Gasteiger partial charge in [-0.25, -0.2) is 0 Å². The van der Waals surface area contributed by atoms with Crippen LogP contribution in [0.5, 0.6) is 11.5 Å². The van der Waals surface area contributed by atoms with Gasteiger partial charge in [0.05, 0.1) is 35.2 Å². The van der Waals surface area contributed by atoms with Crippen LogP contribution in [0.3, 0.4) is 0 Å². The standard InChI is InChI=1S/C24H26INO6S/c1-3-13-9-15-20(23(29)26(22(15)28)11-14-5-4-6-33-14)16-10-18(32-24(13,16)30)12-7-17(25)21(27)19(8-12)31-2/h4-8,13,15-16,18,20,27,30H,3,9-11H2,1-2H3/t13-,15-,16-,18-,20-,24+/m0/s1. The number of thiophene rings is 1. The van der Waals surface area contributed by atoms with Crippen LogP contribution in [0.4, 0.5) is 0 Å². The third-order valence-corrected chi connectivity index (χ3v) is 9.17. The number of aliphatic hydroxyl groups is 1. The summed E-state index contributed by atoms with van der Waals surface area (Å²) in [4.78, 5) is 29.1. The van der Waals surface area contributed by atoms with Gasteiger partial charge < -0.3 is 19.7 Å². The van der Waals surface area contributed by atoms with E-state index in [1.165, 1.54) is 23.3 Å². The van der Waals surface area contributed by atoms with Gasteiger partial charge in [0.15, 0.2) is 17.3 Å². The summed E-state index contributed by atoms with van der Waals surface area (Å²) in [5.74, 6) is -3.17. The summed E-state index contributed by atoms with van der Waals surface area (Å²) in [5.41, 5.74) is 0.774. The number of ether oxygens (including phenoxy) is 2. The number of imide groups is 1. The molecule has 0 radical (unpaired) electrons. The Kier molecular flexibility index (Phi) is 5.95. The van der Waals surface area contributed by atoms with Gasteiger partial charge in [0.2, 0.25) is 11.8 Å². The number of carbonyl (C=O) groups excluding carboxylic acids is 2. The van der Waals surface area contributed by atoms with Crippen molar-refractivity contribution in [1.82, 2.24) is 4.90 Å². The molecule has 1 aromatic carbocycles. The first-order valence-electron chi connectivity index (χ1n) is 11.1. The largest absolute Gasteiger partial charge is 0.504 e. The number of benzene rings is 1. The van der Waals surface area contributed by atoms with E-state index in [9.17, 15) is 19.8 Å². The Morgan fingerprint density at radius 3 is 2.76 bits per heavy atom. The van der Waals surface area contributed by atoms with Crippen molar-refractivity contribution in [3.8, 4) is 11.5 Å². The highest BCUT2D eigenvalue weighted by Gasteiger charge is 2.66. The second-order valence-corrected chi connectivity index (χ2v) is 11.3. The number of rotatable bonds is 5. The molecule has 1 aliphatic carbocycles. The fraction of sp³-hybridized carbons (Fsp3) is 0.500. The van der Waals surface area contributed by atoms with Crippen molar-refractivity contribution in [3.63, 3.8) is 0 Å². The van der Waals surface area contributed by atoms with E-state index in [1.54, 1.807) is 6.07 Å². The molecule has 2 N–H and O–H groups in total. The van der Waals surface area contributed by atoms with Gasteiger partial charge in [0, 0.05) is 16.7 Å². The maximum Gasteiger partial charge on any atom is 0.233 e. The fourth-order valence-electron chi connectivity index (χ4n) is 5.87. The number of carbonyl (C=O) groups is 2. The Morgan fingerprint density at radius 1 is 1.30 bits per heavy atom. The molecule has 3 aliphatic rings. The van der Waals surface area contributed by atoms with Crippen molar-refractivity contribution in [2.75, 3.05) is 7.11 Å². The maximum atomic E-state index is 13.5. The zero-order chi connectivity index (χ0) is 23.5. The molecule has 33 heavy (non-hydrogen) atoms. The van der Waals surface area contributed by atoms with E-state index in [2.05, 4.69) is 0 Å². The summed E-state index contributed by atoms with van der Waals surface area (Å²) in [5, 5.41) is 23.9. The Hall–Kier alpha value is -1.69. The molecule has 0 bridgehead atoms. The van der Waals surface area contributed by atoms with Crippen LogP contribution in [0.25, 0.3) is 0 Å². The second-order valence-electron chi connectivity index (χ2n) is 9.07. The quantitative estimate of drug-likeness (QED) is 0.407. The number of hydrogen-bond acceptors (Lipinski definition) is 7. The first kappa shape index (κ1) is 23.1. The number of fused-ring (bicyclic) bond motifs is 3. The van der Waals surface area contributed by atoms with E-state index < -0.39 is 29.6 Å². The average molecular weight is 583 g/mol. The van der Waals surface area contributed by atoms with Gasteiger partial charge in [-0.15, -0.1) is 11.3 Å². The van der Waals surface area contributed by atoms with E-state index >= 15 is 0 Å². The number of likely N-dealkylation sites (tertiary alicyclic amines) is 1. The molecule has 2 amide bonds. The molecule has 9 heteroatoms. The molecule has 176 valence electrons. The number of nitrogens with zero attached hydrogens (tertiary/aromatic N) is 1. The van der Waals surface area contributed by atoms with Gasteiger partial charge in [-0.1, -0.05) is 13.0 Å². The van der Waals surface area contributed by atoms with E-state index in [0.29, 0.717) is 28.6 Å². The third-order valence-electron chi connectivity index (χ3n) is 7.48. The Labute approximate surface area is 209 Å². The lowest BCUT2D eigenvalue weighted by molar-refractivity contribution is -0.269. The summed E-state index contributed by atoms with van der Waals surface area (Å²) < 4.78 is 12.2. The monoisotopic (exact) mass is 583 g/mol. The van der Waals surface area contributed by atoms with Gasteiger partial charge in [-0.05, 0) is 71.0 Å². The van der Waals surface area contributed by atoms with E-state index in [-0.39, 0.29) is 30.0 Å². The lowest BCUT2D eigenvalue weighted by Crippen LogP contribution is -2.53. The van der Waals surface area contributed by atoms with E-state index in [1.807, 2.05) is 53.1 Å². The van der Waals surface area contributed by atoms with Crippen LogP contribution >= 0.6 is 33.9 Å². The van der Waals surface area contributed by atoms with Crippen molar-refractivity contribution >= 4 is 45.7 Å². The molecule has 1 saturated carbocycles. The summed E-state index contributed by atoms with van der Waals surface area (Å²) in [6.07, 6.45) is 1.03. The number of amides is 2. The molecule has 0 spiro atoms. The highest BCUT2D eigenvalue weighted by Crippen LogP contribution is 2.59. The van der Waals surface area contributed by atoms with Gasteiger partial charge in [0.25, 0.3) is 0 Å². The summed E-state index contributed by atoms with van der Waals surface area (Å²) in [7, 11) is 1.49. The molecular weight excluding hydrogens is 557 g/mol. The molecule has 6 atom stereocenters. The fourth-order valence-corrected chi connectivity index (χ4v) is 7.19. The normalized spacial score (nSPS) is 33.3. The summed E-state index contributed by atoms with van der Waals surface area (Å²) in [6, 6.07) is 7.36. The van der Waals surface area contributed by atoms with E-state index in [0.717, 1.165) is 10.4 Å². The molecule has 3 heterocycles. The van der Waals surface area contributed by atoms with Crippen molar-refractivity contribution in [3.05, 3.63) is 43.7 Å². The van der Waals surface area contributed by atoms with Crippen molar-refractivity contribution < 1.29 is 29.3 Å². The minimum atomic E-state index is -1.48. The molecular formula is C24H26INO6S. The topological polar surface area (TPSA) is 96.3 Å². The number of halogens is 1. The minimum absolute atomic E-state index is 0.0586. The van der Waals surface area contributed by atoms with Gasteiger partial charge in [-0.3, -0.25) is 14.5 Å². The van der Waals surface area contributed by atoms with Crippen LogP contribution in [0.2, 0.25) is 0 Å². The number of methoxy groups -OCH3 is 1. The highest BCUT2D eigenvalue weighted by atomic mass is 127. The minimum Gasteiger partial charge on any atom is -0.504 e. The molecule has 5 rings (SSSR count). The zero-order valence-corrected chi connectivity index (χ0v) is 21.3. The van der Waals surface area contributed by atoms with Gasteiger partial charge in [-0.2, -0.15) is 0 Å². The second kappa shape index (κ2) is 8.51. The summed E-state index contributed by atoms with van der Waals surface area (Å²) >= 11 is 3.55. The smallest absolute Gasteiger partial charge is 0.233 e. The van der Waals surface area contributed by atoms with Crippen LogP contribution < -0.4 is 4.74 Å². The molecule has 2 saturated heterocycles. The van der Waals surface area contributed by atoms with Crippen LogP contribution in [0.1, 0.15) is 42.7 Å². The number of aromatic hydroxyl groups is 1. The van der Waals surface area contributed by atoms with Crippen LogP contribution in [-0.2, 0) is 20.9 Å². The summed E-state index contributed by atoms with van der Waals surface area (Å²) in [6.45, 7) is 2.26. The Morgan fingerprint density at radius 2 is 2.09 bits per heavy atom. The van der Waals surface area contributed by atoms with E-state index in [4.69, 9.17) is 9.47 Å². The number of phenolic OH excluding ortho intramolecular Hbond substituents is 1. The predicted molar refractivity (Wildman–Crippen MR) is 130 cm³/mol. The number of hydrogen-bond donors (Lipinski definition) is 2. The highest BCUT2D eigenvalue weighted by molar-refractivity contribution is 14.1. The predicted octanol–water partition coefficient (Wildman–Crippen LogP) is 4.06. The first-order chi connectivity index (χ1) is 15.8. The third kappa shape index (κ3) is 3.59. The lowest BCUT2D eigenvalue weighted by Gasteiger charge is -2.44. The van der Waals surface area contributed by atoms with Crippen molar-refractivity contribution in [2.24, 2.45) is 23.7 Å². The molecule has 7 nitrogen and oxygen atoms in total. The SMILES string of the molecule is CC[C@H]1C[C@@H]2C(=O)N(Cc3cccs3)C(=O)[C@@H]2[C@@H]2C[C@@H](c3cc(I)c(O)c(OC)c3)O[C@]12O. The van der Waals surface area contributed by atoms with Crippen LogP contribution in [-0.4, -0.2) is 39.8 Å². The first-order valence-corrected chi connectivity index (χ1v) is 13.1. The molecule has 2 aliphatic heterocycles. The lowest BCUT2D eigenvalue weighted by atomic mass is 9.64. The number of phenols is 1. The molecule has 0 unspecified atom stereocenters. The van der Waals surface area contributed by atoms with Crippen molar-refractivity contribution in [1.29, 1.82) is 0 Å². The van der Waals surface area contributed by atoms with Gasteiger partial charge in [0.1, 0.15) is 0 Å². The Balaban J connectivity index is 1.49. The zero-order valence-electron chi connectivity index (χ0n) is 18.4. The van der Waals surface area contributed by atoms with Gasteiger partial charge >= 0.3 is 0 Å². The van der Waals surface area contributed by atoms with Crippen molar-refractivity contribution in [2.45, 2.75) is 44.6 Å². The molecule has 3 fully saturated rings. The van der Waals surface area contributed by atoms with Crippen LogP contribution in [0, 0.1) is 27.2 Å². The van der Waals surface area contributed by atoms with Crippen LogP contribution in [0.15, 0.2) is 29.6 Å². The average Bonchev–Trinajstić information content (AvgIpc) is 3.49. The molecule has 2 aromatic rings. The molecule has 1 aromatic heterocycles. The maximum absolute atomic E-state index is 13.5.